The Morgan fingerprint density at radius 1 is 1.50 bits per heavy atom. The zero-order chi connectivity index (χ0) is 7.33. The Kier molecular flexibility index (Phi) is 8.31. The van der Waals surface area contributed by atoms with Crippen molar-refractivity contribution >= 4 is 10.1 Å². The van der Waals surface area contributed by atoms with Crippen LogP contribution in [0.5, 0.6) is 0 Å². The van der Waals surface area contributed by atoms with Gasteiger partial charge in [-0.2, -0.15) is 8.42 Å². The smallest absolute Gasteiger partial charge is 0.197 e. The van der Waals surface area contributed by atoms with E-state index in [2.05, 4.69) is 4.39 Å². The number of unbranched alkanes of at least 4 members (excludes halogenated alkanes) is 1. The fraction of sp³-hybridized carbons (Fsp3) is 1.00. The predicted octanol–water partition coefficient (Wildman–Crippen LogP) is 1.01. The Balaban J connectivity index is 0. The maximum Gasteiger partial charge on any atom is 0.297 e. The number of hydrogen-bond acceptors (Lipinski definition) is 3. The van der Waals surface area contributed by atoms with Gasteiger partial charge in [-0.1, -0.05) is 17.7 Å². The van der Waals surface area contributed by atoms with E-state index in [0.29, 0.717) is 12.8 Å². The maximum absolute atomic E-state index is 11.0. The molecule has 0 saturated carbocycles. The van der Waals surface area contributed by atoms with Crippen LogP contribution in [0.1, 0.15) is 19.8 Å². The number of hydrogen-bond donors (Lipinski definition) is 0. The summed E-state index contributed by atoms with van der Waals surface area (Å²) in [6.45, 7) is 1.81. The van der Waals surface area contributed by atoms with Gasteiger partial charge in [0.1, 0.15) is 0 Å². The molecule has 0 aromatic rings. The van der Waals surface area contributed by atoms with E-state index >= 15 is 0 Å². The molecule has 0 amide bonds. The molecule has 0 rings (SSSR count). The van der Waals surface area contributed by atoms with Crippen LogP contribution in [0.3, 0.4) is 0 Å². The molecule has 67 valence electrons. The van der Waals surface area contributed by atoms with Crippen LogP contribution in [0, 0.1) is 0 Å². The van der Waals surface area contributed by atoms with Gasteiger partial charge in [0, 0.05) is 22.4 Å². The van der Waals surface area contributed by atoms with Crippen molar-refractivity contribution in [3.8, 4) is 0 Å². The van der Waals surface area contributed by atoms with E-state index < -0.39 is 10.1 Å². The third-order valence-electron chi connectivity index (χ3n) is 0.844. The molecule has 3 nitrogen and oxygen atoms in total. The average Bonchev–Trinajstić information content (AvgIpc) is 1.84. The quantitative estimate of drug-likeness (QED) is 0.712. The Bertz CT molecular complexity index is 156. The molecule has 6 heteroatoms. The van der Waals surface area contributed by atoms with Gasteiger partial charge < -0.3 is 0 Å². The summed E-state index contributed by atoms with van der Waals surface area (Å²) in [5.74, 6) is -0.236. The molecule has 10 heavy (non-hydrogen) atoms. The van der Waals surface area contributed by atoms with E-state index in [1.165, 1.54) is 0 Å². The summed E-state index contributed by atoms with van der Waals surface area (Å²) in [5.41, 5.74) is 0. The fourth-order valence-electron chi connectivity index (χ4n) is 0.353. The van der Waals surface area contributed by atoms with Crippen LogP contribution in [0.15, 0.2) is 0 Å². The van der Waals surface area contributed by atoms with Crippen LogP contribution in [0.2, 0.25) is 0 Å². The second-order valence-corrected chi connectivity index (χ2v) is 3.33. The second-order valence-electron chi connectivity index (χ2n) is 1.68. The van der Waals surface area contributed by atoms with Gasteiger partial charge in [-0.05, 0) is 10.9 Å². The van der Waals surface area contributed by atoms with Gasteiger partial charge in [0.25, 0.3) is 10.1 Å². The van der Waals surface area contributed by atoms with Crippen LogP contribution in [-0.2, 0) is 36.9 Å². The van der Waals surface area contributed by atoms with E-state index in [-0.39, 0.29) is 28.1 Å². The summed E-state index contributed by atoms with van der Waals surface area (Å²) < 4.78 is 34.0. The van der Waals surface area contributed by atoms with E-state index in [0.717, 1.165) is 0 Å². The normalized spacial score (nSPS) is 10.6. The Morgan fingerprint density at radius 3 is 2.30 bits per heavy atom. The molecule has 0 spiro atoms. The molecule has 0 saturated heterocycles. The first kappa shape index (κ1) is 13.2. The van der Waals surface area contributed by atoms with Crippen LogP contribution in [0.4, 0.5) is 4.53 Å². The molecule has 0 bridgehead atoms. The molecule has 0 aliphatic heterocycles. The largest absolute Gasteiger partial charge is 0.297 e. The summed E-state index contributed by atoms with van der Waals surface area (Å²) in [7, 11) is -3.85. The van der Waals surface area contributed by atoms with Crippen LogP contribution in [0.25, 0.3) is 0 Å². The molecule has 0 aliphatic rings. The standard InChI is InChI=1S/C4H9FO3S.Ag/c1-2-3-4-9(6,7)8-5;/h2-4H2,1H3;. The van der Waals surface area contributed by atoms with Gasteiger partial charge in [-0.3, -0.25) is 0 Å². The predicted molar refractivity (Wildman–Crippen MR) is 30.9 cm³/mol. The minimum absolute atomic E-state index is 0. The summed E-state index contributed by atoms with van der Waals surface area (Å²) in [6, 6.07) is 0. The maximum atomic E-state index is 11.0. The van der Waals surface area contributed by atoms with Gasteiger partial charge in [0.2, 0.25) is 0 Å². The summed E-state index contributed by atoms with van der Waals surface area (Å²) in [6.07, 6.45) is 1.15. The second kappa shape index (κ2) is 6.30. The van der Waals surface area contributed by atoms with E-state index in [1.807, 2.05) is 6.92 Å². The molecule has 0 unspecified atom stereocenters. The molecule has 1 radical (unpaired) electrons. The average molecular weight is 264 g/mol. The number of rotatable bonds is 4. The van der Waals surface area contributed by atoms with Crippen molar-refractivity contribution in [2.45, 2.75) is 19.8 Å². The molecule has 0 aliphatic carbocycles. The summed E-state index contributed by atoms with van der Waals surface area (Å²) >= 11 is 0. The molecular formula is C4H9AgFO3S. The minimum Gasteiger partial charge on any atom is -0.197 e. The van der Waals surface area contributed by atoms with Gasteiger partial charge in [-0.25, -0.2) is 0 Å². The first-order valence-electron chi connectivity index (χ1n) is 2.65. The molecule has 0 aromatic heterocycles. The first-order valence-corrected chi connectivity index (χ1v) is 4.23. The van der Waals surface area contributed by atoms with Crippen molar-refractivity contribution in [3.63, 3.8) is 0 Å². The van der Waals surface area contributed by atoms with Crippen molar-refractivity contribution in [1.82, 2.24) is 0 Å². The third kappa shape index (κ3) is 6.70. The molecule has 0 N–H and O–H groups in total. The van der Waals surface area contributed by atoms with Crippen molar-refractivity contribution in [2.75, 3.05) is 5.75 Å². The molecular weight excluding hydrogens is 255 g/mol. The molecule has 0 aromatic carbocycles. The summed E-state index contributed by atoms with van der Waals surface area (Å²) in [5, 5.41) is 0. The third-order valence-corrected chi connectivity index (χ3v) is 1.82. The van der Waals surface area contributed by atoms with E-state index in [9.17, 15) is 12.9 Å². The molecule has 0 atom stereocenters. The van der Waals surface area contributed by atoms with Gasteiger partial charge in [0.05, 0.1) is 5.75 Å². The SMILES string of the molecule is CCCCS(=O)(=O)OF.[Ag]. The van der Waals surface area contributed by atoms with Crippen molar-refractivity contribution in [3.05, 3.63) is 0 Å². The number of halogens is 1. The monoisotopic (exact) mass is 263 g/mol. The Labute approximate surface area is 75.5 Å². The van der Waals surface area contributed by atoms with Crippen LogP contribution >= 0.6 is 0 Å². The van der Waals surface area contributed by atoms with Gasteiger partial charge >= 0.3 is 0 Å². The fourth-order valence-corrected chi connectivity index (χ4v) is 1.06. The van der Waals surface area contributed by atoms with Crippen LogP contribution < -0.4 is 0 Å². The summed E-state index contributed by atoms with van der Waals surface area (Å²) in [4.78, 5) is 0. The Morgan fingerprint density at radius 2 is 2.00 bits per heavy atom. The zero-order valence-corrected chi connectivity index (χ0v) is 7.73. The Hall–Kier alpha value is 0.580. The van der Waals surface area contributed by atoms with Gasteiger partial charge in [-0.15, -0.1) is 0 Å². The van der Waals surface area contributed by atoms with Crippen molar-refractivity contribution in [2.24, 2.45) is 0 Å². The van der Waals surface area contributed by atoms with E-state index in [4.69, 9.17) is 0 Å². The van der Waals surface area contributed by atoms with Crippen LogP contribution in [-0.4, -0.2) is 14.2 Å². The molecule has 0 heterocycles. The topological polar surface area (TPSA) is 43.4 Å². The molecule has 0 fully saturated rings. The van der Waals surface area contributed by atoms with Crippen molar-refractivity contribution in [1.29, 1.82) is 0 Å². The minimum atomic E-state index is -3.85. The first-order chi connectivity index (χ1) is 4.12. The van der Waals surface area contributed by atoms with E-state index in [1.54, 1.807) is 0 Å². The van der Waals surface area contributed by atoms with Crippen molar-refractivity contribution < 1.29 is 39.7 Å². The van der Waals surface area contributed by atoms with Gasteiger partial charge in [0.15, 0.2) is 0 Å². The zero-order valence-electron chi connectivity index (χ0n) is 5.43.